The van der Waals surface area contributed by atoms with Gasteiger partial charge in [0.15, 0.2) is 0 Å². The highest BCUT2D eigenvalue weighted by molar-refractivity contribution is 6.07. The van der Waals surface area contributed by atoms with E-state index in [1.165, 1.54) is 7.11 Å². The molecule has 0 atom stereocenters. The fourth-order valence-corrected chi connectivity index (χ4v) is 1.79. The van der Waals surface area contributed by atoms with E-state index in [2.05, 4.69) is 10.2 Å². The summed E-state index contributed by atoms with van der Waals surface area (Å²) in [7, 11) is 1.50. The van der Waals surface area contributed by atoms with Crippen LogP contribution in [0.2, 0.25) is 0 Å². The molecule has 0 aliphatic heterocycles. The molecular weight excluding hydrogens is 256 g/mol. The molecule has 0 bridgehead atoms. The Morgan fingerprint density at radius 1 is 1.20 bits per heavy atom. The first-order chi connectivity index (χ1) is 9.76. The minimum absolute atomic E-state index is 0.179. The molecule has 2 aromatic rings. The lowest BCUT2D eigenvalue weighted by molar-refractivity contribution is 0.103. The molecule has 20 heavy (non-hydrogen) atoms. The highest BCUT2D eigenvalue weighted by Crippen LogP contribution is 2.27. The van der Waals surface area contributed by atoms with Crippen LogP contribution < -0.4 is 9.47 Å². The molecule has 3 rings (SSSR count). The zero-order valence-corrected chi connectivity index (χ0v) is 11.1. The van der Waals surface area contributed by atoms with E-state index in [1.54, 1.807) is 24.3 Å². The molecule has 0 unspecified atom stereocenters. The van der Waals surface area contributed by atoms with Crippen LogP contribution in [-0.4, -0.2) is 29.2 Å². The molecule has 1 aromatic carbocycles. The second-order valence-corrected chi connectivity index (χ2v) is 4.64. The largest absolute Gasteiger partial charge is 0.490 e. The van der Waals surface area contributed by atoms with Gasteiger partial charge in [-0.15, -0.1) is 10.2 Å². The molecule has 1 aliphatic rings. The predicted octanol–water partition coefficient (Wildman–Crippen LogP) is 2.26. The van der Waals surface area contributed by atoms with Gasteiger partial charge in [0, 0.05) is 11.6 Å². The van der Waals surface area contributed by atoms with Gasteiger partial charge in [-0.2, -0.15) is 0 Å². The number of nitrogens with zero attached hydrogens (tertiary/aromatic N) is 2. The number of aromatic nitrogens is 2. The summed E-state index contributed by atoms with van der Waals surface area (Å²) >= 11 is 0. The zero-order valence-electron chi connectivity index (χ0n) is 11.1. The van der Waals surface area contributed by atoms with Crippen molar-refractivity contribution in [2.75, 3.05) is 7.11 Å². The molecule has 102 valence electrons. The molecule has 1 fully saturated rings. The van der Waals surface area contributed by atoms with Crippen LogP contribution in [0.1, 0.15) is 28.9 Å². The summed E-state index contributed by atoms with van der Waals surface area (Å²) in [5, 5.41) is 7.66. The maximum absolute atomic E-state index is 12.3. The van der Waals surface area contributed by atoms with E-state index in [4.69, 9.17) is 9.47 Å². The normalized spacial score (nSPS) is 13.8. The lowest BCUT2D eigenvalue weighted by Crippen LogP contribution is -2.06. The molecule has 0 N–H and O–H groups in total. The van der Waals surface area contributed by atoms with Gasteiger partial charge in [-0.3, -0.25) is 4.79 Å². The van der Waals surface area contributed by atoms with Crippen molar-refractivity contribution in [2.24, 2.45) is 0 Å². The first kappa shape index (κ1) is 12.6. The number of hydrogen-bond donors (Lipinski definition) is 0. The molecule has 1 aliphatic carbocycles. The highest BCUT2D eigenvalue weighted by Gasteiger charge is 2.23. The topological polar surface area (TPSA) is 61.3 Å². The predicted molar refractivity (Wildman–Crippen MR) is 72.1 cm³/mol. The van der Waals surface area contributed by atoms with Crippen molar-refractivity contribution >= 4 is 5.78 Å². The molecular formula is C15H14N2O3. The number of carbonyl (C=O) groups excluding carboxylic acids is 1. The number of carbonyl (C=O) groups is 1. The van der Waals surface area contributed by atoms with Gasteiger partial charge in [0.2, 0.25) is 11.7 Å². The van der Waals surface area contributed by atoms with Crippen molar-refractivity contribution in [3.05, 3.63) is 47.7 Å². The van der Waals surface area contributed by atoms with Gasteiger partial charge in [-0.1, -0.05) is 12.1 Å². The van der Waals surface area contributed by atoms with E-state index in [0.29, 0.717) is 17.5 Å². The molecule has 0 radical (unpaired) electrons. The highest BCUT2D eigenvalue weighted by atomic mass is 16.5. The van der Waals surface area contributed by atoms with E-state index in [0.717, 1.165) is 18.6 Å². The Balaban J connectivity index is 1.81. The number of hydrogen-bond acceptors (Lipinski definition) is 5. The molecule has 5 nitrogen and oxygen atoms in total. The Hall–Kier alpha value is -2.43. The number of methoxy groups -OCH3 is 1. The molecule has 0 amide bonds. The Bertz CT molecular complexity index is 621. The molecule has 1 saturated carbocycles. The Labute approximate surface area is 116 Å². The summed E-state index contributed by atoms with van der Waals surface area (Å²) in [6.07, 6.45) is 2.48. The molecule has 0 saturated heterocycles. The minimum atomic E-state index is -0.179. The standard InChI is InChI=1S/C15H14N2O3/c1-19-14-8-7-13(16-17-14)15(18)10-3-2-4-12(9-10)20-11-5-6-11/h2-4,7-9,11H,5-6H2,1H3. The Morgan fingerprint density at radius 2 is 2.05 bits per heavy atom. The smallest absolute Gasteiger partial charge is 0.233 e. The third kappa shape index (κ3) is 2.77. The lowest BCUT2D eigenvalue weighted by atomic mass is 10.1. The summed E-state index contributed by atoms with van der Waals surface area (Å²) in [5.74, 6) is 0.925. The summed E-state index contributed by atoms with van der Waals surface area (Å²) in [5.41, 5.74) is 0.831. The molecule has 1 heterocycles. The van der Waals surface area contributed by atoms with Gasteiger partial charge in [-0.05, 0) is 31.0 Å². The van der Waals surface area contributed by atoms with Gasteiger partial charge in [0.1, 0.15) is 11.4 Å². The van der Waals surface area contributed by atoms with Crippen molar-refractivity contribution in [2.45, 2.75) is 18.9 Å². The van der Waals surface area contributed by atoms with Gasteiger partial charge in [0.25, 0.3) is 0 Å². The SMILES string of the molecule is COc1ccc(C(=O)c2cccc(OC3CC3)c2)nn1. The molecule has 0 spiro atoms. The number of ether oxygens (including phenoxy) is 2. The molecule has 1 aromatic heterocycles. The van der Waals surface area contributed by atoms with Gasteiger partial charge in [-0.25, -0.2) is 0 Å². The van der Waals surface area contributed by atoms with Gasteiger partial charge >= 0.3 is 0 Å². The third-order valence-corrected chi connectivity index (χ3v) is 3.01. The molecule has 5 heteroatoms. The van der Waals surface area contributed by atoms with Gasteiger partial charge < -0.3 is 9.47 Å². The summed E-state index contributed by atoms with van der Waals surface area (Å²) in [6, 6.07) is 10.4. The van der Waals surface area contributed by atoms with E-state index >= 15 is 0 Å². The van der Waals surface area contributed by atoms with Crippen molar-refractivity contribution in [1.82, 2.24) is 10.2 Å². The second-order valence-electron chi connectivity index (χ2n) is 4.64. The maximum Gasteiger partial charge on any atom is 0.233 e. The zero-order chi connectivity index (χ0) is 13.9. The number of rotatable bonds is 5. The van der Waals surface area contributed by atoms with Crippen LogP contribution in [0.5, 0.6) is 11.6 Å². The summed E-state index contributed by atoms with van der Waals surface area (Å²) < 4.78 is 10.6. The van der Waals surface area contributed by atoms with Crippen LogP contribution in [0.3, 0.4) is 0 Å². The Kier molecular flexibility index (Phi) is 3.33. The first-order valence-corrected chi connectivity index (χ1v) is 6.45. The van der Waals surface area contributed by atoms with Crippen LogP contribution >= 0.6 is 0 Å². The number of benzene rings is 1. The average molecular weight is 270 g/mol. The van der Waals surface area contributed by atoms with Crippen molar-refractivity contribution in [1.29, 1.82) is 0 Å². The minimum Gasteiger partial charge on any atom is -0.490 e. The van der Waals surface area contributed by atoms with E-state index in [1.807, 2.05) is 12.1 Å². The van der Waals surface area contributed by atoms with Crippen molar-refractivity contribution in [3.63, 3.8) is 0 Å². The monoisotopic (exact) mass is 270 g/mol. The van der Waals surface area contributed by atoms with Crippen LogP contribution in [0, 0.1) is 0 Å². The van der Waals surface area contributed by atoms with Crippen LogP contribution in [0.4, 0.5) is 0 Å². The van der Waals surface area contributed by atoms with E-state index in [9.17, 15) is 4.79 Å². The first-order valence-electron chi connectivity index (χ1n) is 6.45. The summed E-state index contributed by atoms with van der Waals surface area (Å²) in [4.78, 5) is 12.3. The van der Waals surface area contributed by atoms with E-state index < -0.39 is 0 Å². The fraction of sp³-hybridized carbons (Fsp3) is 0.267. The lowest BCUT2D eigenvalue weighted by Gasteiger charge is -2.06. The Morgan fingerprint density at radius 3 is 2.70 bits per heavy atom. The number of ketones is 1. The van der Waals surface area contributed by atoms with Crippen molar-refractivity contribution in [3.8, 4) is 11.6 Å². The second kappa shape index (κ2) is 5.28. The maximum atomic E-state index is 12.3. The van der Waals surface area contributed by atoms with Crippen LogP contribution in [0.15, 0.2) is 36.4 Å². The van der Waals surface area contributed by atoms with Crippen LogP contribution in [-0.2, 0) is 0 Å². The average Bonchev–Trinajstić information content (AvgIpc) is 3.31. The van der Waals surface area contributed by atoms with Gasteiger partial charge in [0.05, 0.1) is 13.2 Å². The quantitative estimate of drug-likeness (QED) is 0.780. The third-order valence-electron chi connectivity index (χ3n) is 3.01. The van der Waals surface area contributed by atoms with Crippen molar-refractivity contribution < 1.29 is 14.3 Å². The van der Waals surface area contributed by atoms with Crippen LogP contribution in [0.25, 0.3) is 0 Å². The fourth-order valence-electron chi connectivity index (χ4n) is 1.79. The van der Waals surface area contributed by atoms with E-state index in [-0.39, 0.29) is 11.5 Å². The summed E-state index contributed by atoms with van der Waals surface area (Å²) in [6.45, 7) is 0.